The van der Waals surface area contributed by atoms with Gasteiger partial charge in [0, 0.05) is 92.8 Å². The van der Waals surface area contributed by atoms with E-state index in [0.29, 0.717) is 73.4 Å². The van der Waals surface area contributed by atoms with Crippen molar-refractivity contribution in [3.05, 3.63) is 344 Å². The van der Waals surface area contributed by atoms with Crippen molar-refractivity contribution in [3.8, 4) is 0 Å². The van der Waals surface area contributed by atoms with Gasteiger partial charge in [0.2, 0.25) is 5.78 Å². The summed E-state index contributed by atoms with van der Waals surface area (Å²) >= 11 is 16.2. The minimum atomic E-state index is -0.417. The number of hydrogen-bond acceptors (Lipinski definition) is 25. The highest BCUT2D eigenvalue weighted by Crippen LogP contribution is 2.43. The van der Waals surface area contributed by atoms with Crippen LogP contribution in [0.15, 0.2) is 348 Å². The molecule has 21 nitrogen and oxygen atoms in total. The number of urea groups is 1. The fraction of sp³-hybridized carbons (Fsp3) is 0.190. The second-order valence-corrected chi connectivity index (χ2v) is 40.3. The topological polar surface area (TPSA) is 278 Å². The predicted molar refractivity (Wildman–Crippen MR) is 543 cm³/mol. The zero-order valence-corrected chi connectivity index (χ0v) is 80.7. The summed E-state index contributed by atoms with van der Waals surface area (Å²) in [6.45, 7) is 14.9. The van der Waals surface area contributed by atoms with Gasteiger partial charge in [-0.25, -0.2) is 34.7 Å². The predicted octanol–water partition coefficient (Wildman–Crippen LogP) is 28.2. The molecule has 134 heavy (non-hydrogen) atoms. The summed E-state index contributed by atoms with van der Waals surface area (Å²) in [6.07, 6.45) is 10.1. The molecular weight excluding hydrogens is 1840 g/mol. The maximum absolute atomic E-state index is 12.4. The van der Waals surface area contributed by atoms with Crippen LogP contribution in [0.3, 0.4) is 0 Å². The molecular formula is C105H90ClN9O12S7. The van der Waals surface area contributed by atoms with E-state index in [0.717, 1.165) is 152 Å². The number of Topliss-reactive ketones (excluding diaryl/α,β-unsaturated/α-hetero) is 3. The molecule has 1 N–H and O–H groups in total. The number of hydrogen-bond donors (Lipinski definition) is 1. The molecule has 5 amide bonds. The van der Waals surface area contributed by atoms with Gasteiger partial charge in [-0.1, -0.05) is 178 Å². The van der Waals surface area contributed by atoms with Gasteiger partial charge in [-0.15, -0.1) is 0 Å². The minimum Gasteiger partial charge on any atom is -0.454 e. The highest BCUT2D eigenvalue weighted by atomic mass is 35.5. The number of rotatable bonds is 18. The summed E-state index contributed by atoms with van der Waals surface area (Å²) in [7, 11) is 0. The fourth-order valence-electron chi connectivity index (χ4n) is 14.7. The third-order valence-corrected chi connectivity index (χ3v) is 27.6. The third kappa shape index (κ3) is 24.7. The van der Waals surface area contributed by atoms with E-state index in [1.54, 1.807) is 67.7 Å². The maximum atomic E-state index is 12.4. The number of aliphatic imine (C=N–C) groups is 6. The average molecular weight is 1930 g/mol. The van der Waals surface area contributed by atoms with Gasteiger partial charge >= 0.3 is 6.03 Å². The van der Waals surface area contributed by atoms with Gasteiger partial charge in [-0.2, -0.15) is 0 Å². The molecule has 8 aliphatic heterocycles. The Hall–Kier alpha value is -12.5. The summed E-state index contributed by atoms with van der Waals surface area (Å²) in [5, 5.41) is 12.9. The highest BCUT2D eigenvalue weighted by Gasteiger charge is 2.38. The molecule has 676 valence electrons. The Bertz CT molecular complexity index is 6920. The summed E-state index contributed by atoms with van der Waals surface area (Å²) in [6, 6.07) is 81.7. The van der Waals surface area contributed by atoms with Gasteiger partial charge in [-0.3, -0.25) is 38.6 Å². The lowest BCUT2D eigenvalue weighted by molar-refractivity contribution is -0.124. The molecule has 0 atom stereocenters. The van der Waals surface area contributed by atoms with E-state index >= 15 is 0 Å². The number of amides is 5. The number of aryl methyl sites for hydroxylation is 1. The Balaban J connectivity index is 0.000000118. The monoisotopic (exact) mass is 1930 g/mol. The molecule has 8 aliphatic rings. The van der Waals surface area contributed by atoms with Crippen LogP contribution in [0.4, 0.5) is 43.7 Å². The molecule has 0 spiro atoms. The molecule has 29 heteroatoms. The lowest BCUT2D eigenvalue weighted by Gasteiger charge is -2.16. The van der Waals surface area contributed by atoms with Crippen LogP contribution in [0.25, 0.3) is 12.2 Å². The average Bonchev–Trinajstić information content (AvgIpc) is 1.67. The number of carbonyl (C=O) groups is 7. The number of para-hydroxylation sites is 5. The van der Waals surface area contributed by atoms with Crippen molar-refractivity contribution in [2.75, 3.05) is 0 Å². The number of ketones is 3. The van der Waals surface area contributed by atoms with E-state index in [4.69, 9.17) is 33.7 Å². The van der Waals surface area contributed by atoms with E-state index in [-0.39, 0.29) is 52.2 Å². The van der Waals surface area contributed by atoms with Gasteiger partial charge in [-0.05, 0) is 276 Å². The number of carbonyl (C=O) groups excluding carboxylic acids is 7. The molecule has 5 aromatic heterocycles. The Morgan fingerprint density at radius 3 is 1.28 bits per heavy atom. The number of halogens is 1. The number of nitrogens with one attached hydrogen (secondary N) is 1. The number of furan rings is 5. The summed E-state index contributed by atoms with van der Waals surface area (Å²) in [5.41, 5.74) is 15.6. The van der Waals surface area contributed by atoms with Gasteiger partial charge in [0.05, 0.1) is 69.3 Å². The van der Waals surface area contributed by atoms with Crippen LogP contribution in [0.2, 0.25) is 5.02 Å². The third-order valence-electron chi connectivity index (χ3n) is 21.1. The molecule has 0 radical (unpaired) electrons. The molecule has 2 saturated heterocycles. The van der Waals surface area contributed by atoms with Crippen molar-refractivity contribution in [3.63, 3.8) is 0 Å². The lowest BCUT2D eigenvalue weighted by atomic mass is 10.1. The first-order valence-corrected chi connectivity index (χ1v) is 49.5. The van der Waals surface area contributed by atoms with E-state index in [2.05, 4.69) is 84.7 Å². The Labute approximate surface area is 810 Å². The van der Waals surface area contributed by atoms with Crippen LogP contribution in [-0.4, -0.2) is 92.6 Å². The zero-order chi connectivity index (χ0) is 93.5. The molecule has 13 aromatic rings. The van der Waals surface area contributed by atoms with Crippen molar-refractivity contribution in [1.29, 1.82) is 0 Å². The van der Waals surface area contributed by atoms with Gasteiger partial charge < -0.3 is 27.4 Å². The molecule has 0 unspecified atom stereocenters. The van der Waals surface area contributed by atoms with Gasteiger partial charge in [0.1, 0.15) is 17.2 Å². The molecule has 0 saturated carbocycles. The minimum absolute atomic E-state index is 0.00954. The molecule has 0 bridgehead atoms. The largest absolute Gasteiger partial charge is 0.454 e. The number of thioether (sulfide) groups is 7. The second-order valence-electron chi connectivity index (χ2n) is 32.3. The first kappa shape index (κ1) is 94.7. The van der Waals surface area contributed by atoms with Crippen molar-refractivity contribution in [1.82, 2.24) is 15.1 Å². The Morgan fingerprint density at radius 1 is 0.418 bits per heavy atom. The van der Waals surface area contributed by atoms with Crippen LogP contribution >= 0.6 is 93.9 Å². The van der Waals surface area contributed by atoms with Crippen LogP contribution in [0, 0.1) is 5.92 Å². The van der Waals surface area contributed by atoms with Gasteiger partial charge in [0.15, 0.2) is 54.3 Å². The van der Waals surface area contributed by atoms with Crippen LogP contribution in [0.5, 0.6) is 0 Å². The van der Waals surface area contributed by atoms with Crippen LogP contribution in [0.1, 0.15) is 150 Å². The number of nitrogens with zero attached hydrogens (tertiary/aromatic N) is 8. The summed E-state index contributed by atoms with van der Waals surface area (Å²) in [5.74, 6) is 2.54. The molecule has 13 heterocycles. The number of fused-ring (bicyclic) bond motifs is 6. The van der Waals surface area contributed by atoms with Crippen molar-refractivity contribution >= 4 is 211 Å². The first-order chi connectivity index (χ1) is 64.9. The zero-order valence-electron chi connectivity index (χ0n) is 74.2. The first-order valence-electron chi connectivity index (χ1n) is 43.4. The normalized spacial score (nSPS) is 15.0. The maximum Gasteiger partial charge on any atom is 0.329 e. The van der Waals surface area contributed by atoms with Crippen LogP contribution < -0.4 is 5.32 Å². The molecule has 21 rings (SSSR count). The lowest BCUT2D eigenvalue weighted by Crippen LogP contribution is -2.36. The fourth-order valence-corrected chi connectivity index (χ4v) is 21.2. The second kappa shape index (κ2) is 44.1. The Kier molecular flexibility index (Phi) is 31.2. The summed E-state index contributed by atoms with van der Waals surface area (Å²) in [4.78, 5) is 116. The quantitative estimate of drug-likeness (QED) is 0.0474. The van der Waals surface area contributed by atoms with E-state index in [1.165, 1.54) is 97.7 Å². The smallest absolute Gasteiger partial charge is 0.329 e. The molecule has 2 fully saturated rings. The van der Waals surface area contributed by atoms with Gasteiger partial charge in [0.25, 0.3) is 17.1 Å². The molecule has 0 aliphatic carbocycles. The van der Waals surface area contributed by atoms with E-state index in [1.807, 2.05) is 216 Å². The summed E-state index contributed by atoms with van der Waals surface area (Å²) < 4.78 is 28.2. The van der Waals surface area contributed by atoms with Crippen molar-refractivity contribution in [2.45, 2.75) is 156 Å². The standard InChI is InChI=1S/C21H18N2O2S2.C20H15NO2S.C19H16ClN3O3S.C17H17NO2S.C14H11NO2S.C14H13NOS/c1-13(2)23-20(24)18(27-21(23)25)11-14-6-5-8-16(10-14)26-19-12-15-7-3-4-9-17(15)22-19;22-17(12-14-6-2-1-3-7-14)18-10-11-20(23-18)24-19-13-15-8-4-5-9-16(15)21-19;1-10(2)23-18(24)15(22-19(23)25)9-13-4-6-17(26-13)27-16-8-11-7-12(20)3-5-14(11)21-16;1-11(2)9-14(19)15-7-8-17(20-15)21-16-10-12-5-3-4-6-13(12)18-16;1-9(16)12-6-7-14(17-12)18-13-8-10-4-2-3-5-11(10)15-13;1-2-11-7-8-14(16-11)17-13-9-10-5-3-4-6-12(10)15-13/h3-11,13H,12H2,1-2H3;1-11H,12-13H2;3-7,9-10H,8H2,1-2H3,(H,22,25);3-8,11H,9-10H2,1-2H3;2-7H,8H2,1H3;3-8H,2,9H2,1H3/b18-11-;;15-9-;;;. The van der Waals surface area contributed by atoms with Crippen LogP contribution in [-0.2, 0) is 61.0 Å². The van der Waals surface area contributed by atoms with Crippen molar-refractivity contribution < 1.29 is 55.6 Å². The SMILES string of the molecule is CC(=O)c1ccc(SC2=Nc3ccccc3C2)o1.CC(C)CC(=O)c1ccc(SC2=Nc3ccccc3C2)o1.CC(C)N1C(=O)N/C(=C\c2ccc(SC3=Nc4ccc(Cl)cc4C3)o2)C1=O.CC(C)N1C(=O)S/C(=C\c2cccc(SC3=Nc4ccccc4C3)c2)C1=O.CCc1ccc(SC2=Nc3ccccc3C2)o1.O=C(Cc1ccccc1)c1ccc(SC2=Nc3ccccc3C2)o1. The number of benzene rings is 8. The highest BCUT2D eigenvalue weighted by molar-refractivity contribution is 8.18. The van der Waals surface area contributed by atoms with E-state index < -0.39 is 6.03 Å². The van der Waals surface area contributed by atoms with Crippen molar-refractivity contribution in [2.24, 2.45) is 35.9 Å². The van der Waals surface area contributed by atoms with E-state index in [9.17, 15) is 33.6 Å². The number of imide groups is 2. The Morgan fingerprint density at radius 2 is 0.836 bits per heavy atom. The molecule has 8 aromatic carbocycles.